The first-order valence-corrected chi connectivity index (χ1v) is 10.7. The van der Waals surface area contributed by atoms with Gasteiger partial charge in [-0.05, 0) is 36.8 Å². The van der Waals surface area contributed by atoms with Crippen molar-refractivity contribution in [3.8, 4) is 0 Å². The van der Waals surface area contributed by atoms with Crippen LogP contribution < -0.4 is 5.56 Å². The fraction of sp³-hybridized carbons (Fsp3) is 0.458. The van der Waals surface area contributed by atoms with Gasteiger partial charge in [0.1, 0.15) is 0 Å². The van der Waals surface area contributed by atoms with Crippen LogP contribution in [0.15, 0.2) is 53.3 Å². The summed E-state index contributed by atoms with van der Waals surface area (Å²) in [5.41, 5.74) is 2.27. The van der Waals surface area contributed by atoms with Gasteiger partial charge in [0, 0.05) is 49.7 Å². The number of ether oxygens (including phenoxy) is 1. The number of likely N-dealkylation sites (tertiary alicyclic amines) is 1. The molecular weight excluding hydrogens is 380 g/mol. The van der Waals surface area contributed by atoms with Gasteiger partial charge in [0.15, 0.2) is 0 Å². The Balaban J connectivity index is 1.56. The van der Waals surface area contributed by atoms with Crippen molar-refractivity contribution in [3.05, 3.63) is 70.1 Å². The van der Waals surface area contributed by atoms with Gasteiger partial charge in [-0.25, -0.2) is 0 Å². The fourth-order valence-electron chi connectivity index (χ4n) is 5.01. The van der Waals surface area contributed by atoms with E-state index in [1.165, 1.54) is 12.7 Å². The highest BCUT2D eigenvalue weighted by molar-refractivity contribution is 5.77. The fourth-order valence-corrected chi connectivity index (χ4v) is 5.01. The minimum Gasteiger partial charge on any atom is -0.469 e. The van der Waals surface area contributed by atoms with Gasteiger partial charge in [0.05, 0.1) is 7.11 Å². The minimum atomic E-state index is -0.283. The van der Waals surface area contributed by atoms with E-state index in [9.17, 15) is 14.4 Å². The molecule has 1 fully saturated rings. The van der Waals surface area contributed by atoms with Gasteiger partial charge in [-0.2, -0.15) is 0 Å². The quantitative estimate of drug-likeness (QED) is 0.689. The van der Waals surface area contributed by atoms with Gasteiger partial charge in [0.25, 0.3) is 5.56 Å². The van der Waals surface area contributed by atoms with Crippen molar-refractivity contribution in [3.63, 3.8) is 0 Å². The van der Waals surface area contributed by atoms with Crippen LogP contribution in [-0.2, 0) is 20.7 Å². The minimum absolute atomic E-state index is 0.0398. The van der Waals surface area contributed by atoms with E-state index in [4.69, 9.17) is 0 Å². The Morgan fingerprint density at radius 3 is 2.60 bits per heavy atom. The summed E-state index contributed by atoms with van der Waals surface area (Å²) >= 11 is 0. The smallest absolute Gasteiger partial charge is 0.305 e. The summed E-state index contributed by atoms with van der Waals surface area (Å²) in [4.78, 5) is 38.9. The van der Waals surface area contributed by atoms with E-state index in [-0.39, 0.29) is 41.7 Å². The van der Waals surface area contributed by atoms with E-state index in [1.54, 1.807) is 6.07 Å². The molecular formula is C24H28N2O4. The molecule has 0 spiro atoms. The third-order valence-electron chi connectivity index (χ3n) is 6.44. The number of methoxy groups -OCH3 is 1. The summed E-state index contributed by atoms with van der Waals surface area (Å²) in [5.74, 6) is 0.212. The van der Waals surface area contributed by atoms with Crippen LogP contribution in [0.1, 0.15) is 48.9 Å². The predicted molar refractivity (Wildman–Crippen MR) is 113 cm³/mol. The average molecular weight is 408 g/mol. The van der Waals surface area contributed by atoms with E-state index in [0.29, 0.717) is 25.9 Å². The summed E-state index contributed by atoms with van der Waals surface area (Å²) < 4.78 is 6.64. The van der Waals surface area contributed by atoms with Gasteiger partial charge in [-0.3, -0.25) is 14.4 Å². The molecule has 6 heteroatoms. The number of pyridine rings is 1. The van der Waals surface area contributed by atoms with E-state index >= 15 is 0 Å². The largest absolute Gasteiger partial charge is 0.469 e. The van der Waals surface area contributed by atoms with Crippen molar-refractivity contribution < 1.29 is 14.3 Å². The summed E-state index contributed by atoms with van der Waals surface area (Å²) in [6.45, 7) is 1.29. The topological polar surface area (TPSA) is 68.6 Å². The second-order valence-electron chi connectivity index (χ2n) is 8.34. The Kier molecular flexibility index (Phi) is 6.02. The van der Waals surface area contributed by atoms with Crippen LogP contribution in [0.4, 0.5) is 0 Å². The first kappa shape index (κ1) is 20.4. The molecule has 1 amide bonds. The molecule has 1 aromatic heterocycles. The van der Waals surface area contributed by atoms with Gasteiger partial charge >= 0.3 is 5.97 Å². The Hall–Kier alpha value is -2.89. The Labute approximate surface area is 176 Å². The molecule has 0 unspecified atom stereocenters. The highest BCUT2D eigenvalue weighted by Gasteiger charge is 2.41. The third kappa shape index (κ3) is 4.18. The lowest BCUT2D eigenvalue weighted by Crippen LogP contribution is -2.51. The Morgan fingerprint density at radius 1 is 1.03 bits per heavy atom. The number of carbonyl (C=O) groups excluding carboxylic acids is 2. The molecule has 2 aliphatic rings. The second kappa shape index (κ2) is 8.86. The molecule has 0 saturated carbocycles. The SMILES string of the molecule is COC(=O)CCCC(=O)N1C[C@H]2C[C@@H](C1)[C@H](Cc1ccccc1)n1c2cccc1=O. The van der Waals surface area contributed by atoms with Gasteiger partial charge in [-0.15, -0.1) is 0 Å². The zero-order valence-corrected chi connectivity index (χ0v) is 17.3. The van der Waals surface area contributed by atoms with Crippen molar-refractivity contribution in [2.75, 3.05) is 20.2 Å². The number of amides is 1. The summed E-state index contributed by atoms with van der Waals surface area (Å²) in [6.07, 6.45) is 2.88. The molecule has 0 aliphatic carbocycles. The molecule has 4 rings (SSSR count). The molecule has 3 atom stereocenters. The van der Waals surface area contributed by atoms with Crippen LogP contribution in [0.3, 0.4) is 0 Å². The maximum absolute atomic E-state index is 12.8. The number of carbonyl (C=O) groups is 2. The van der Waals surface area contributed by atoms with Crippen LogP contribution in [0.5, 0.6) is 0 Å². The van der Waals surface area contributed by atoms with Crippen LogP contribution in [0, 0.1) is 5.92 Å². The summed E-state index contributed by atoms with van der Waals surface area (Å²) in [6, 6.07) is 15.8. The first-order chi connectivity index (χ1) is 14.6. The van der Waals surface area contributed by atoms with Gasteiger partial charge in [0.2, 0.25) is 5.91 Å². The van der Waals surface area contributed by atoms with Crippen LogP contribution in [0.2, 0.25) is 0 Å². The van der Waals surface area contributed by atoms with E-state index in [1.807, 2.05) is 39.8 Å². The van der Waals surface area contributed by atoms with E-state index in [2.05, 4.69) is 16.9 Å². The molecule has 3 heterocycles. The zero-order chi connectivity index (χ0) is 21.1. The van der Waals surface area contributed by atoms with E-state index in [0.717, 1.165) is 18.5 Å². The number of fused-ring (bicyclic) bond motifs is 4. The number of rotatable bonds is 6. The Bertz CT molecular complexity index is 969. The van der Waals surface area contributed by atoms with Crippen molar-refractivity contribution in [1.82, 2.24) is 9.47 Å². The number of esters is 1. The van der Waals surface area contributed by atoms with Crippen LogP contribution in [-0.4, -0.2) is 41.5 Å². The number of hydrogen-bond donors (Lipinski definition) is 0. The first-order valence-electron chi connectivity index (χ1n) is 10.7. The lowest BCUT2D eigenvalue weighted by molar-refractivity contribution is -0.141. The van der Waals surface area contributed by atoms with Gasteiger partial charge in [-0.1, -0.05) is 36.4 Å². The molecule has 2 aromatic rings. The number of piperidine rings is 1. The maximum atomic E-state index is 12.8. The highest BCUT2D eigenvalue weighted by Crippen LogP contribution is 2.42. The lowest BCUT2D eigenvalue weighted by Gasteiger charge is -2.47. The molecule has 0 N–H and O–H groups in total. The standard InChI is InChI=1S/C24H28N2O4/c1-30-24(29)12-6-10-22(27)25-15-18-14-19(16-25)21(13-17-7-3-2-4-8-17)26-20(18)9-5-11-23(26)28/h2-5,7-9,11,18-19,21H,6,10,12-16H2,1H3/t18-,19+,21+/m1/s1. The molecule has 6 nitrogen and oxygen atoms in total. The molecule has 1 saturated heterocycles. The number of benzene rings is 1. The Morgan fingerprint density at radius 2 is 1.83 bits per heavy atom. The molecule has 158 valence electrons. The van der Waals surface area contributed by atoms with Crippen molar-refractivity contribution >= 4 is 11.9 Å². The summed E-state index contributed by atoms with van der Waals surface area (Å²) in [5, 5.41) is 0. The number of nitrogens with zero attached hydrogens (tertiary/aromatic N) is 2. The highest BCUT2D eigenvalue weighted by atomic mass is 16.5. The molecule has 0 radical (unpaired) electrons. The lowest BCUT2D eigenvalue weighted by atomic mass is 9.76. The predicted octanol–water partition coefficient (Wildman–Crippen LogP) is 2.92. The zero-order valence-electron chi connectivity index (χ0n) is 17.3. The van der Waals surface area contributed by atoms with Crippen LogP contribution in [0.25, 0.3) is 0 Å². The number of hydrogen-bond acceptors (Lipinski definition) is 4. The monoisotopic (exact) mass is 408 g/mol. The van der Waals surface area contributed by atoms with Crippen LogP contribution >= 0.6 is 0 Å². The molecule has 2 aliphatic heterocycles. The average Bonchev–Trinajstić information content (AvgIpc) is 2.77. The van der Waals surface area contributed by atoms with Crippen molar-refractivity contribution in [2.45, 2.75) is 44.1 Å². The molecule has 30 heavy (non-hydrogen) atoms. The summed E-state index contributed by atoms with van der Waals surface area (Å²) in [7, 11) is 1.36. The second-order valence-corrected chi connectivity index (χ2v) is 8.34. The number of aromatic nitrogens is 1. The van der Waals surface area contributed by atoms with Gasteiger partial charge < -0.3 is 14.2 Å². The molecule has 2 bridgehead atoms. The molecule has 1 aromatic carbocycles. The normalized spacial score (nSPS) is 22.3. The van der Waals surface area contributed by atoms with Crippen molar-refractivity contribution in [2.24, 2.45) is 5.92 Å². The van der Waals surface area contributed by atoms with E-state index < -0.39 is 0 Å². The third-order valence-corrected chi connectivity index (χ3v) is 6.44. The maximum Gasteiger partial charge on any atom is 0.305 e. The van der Waals surface area contributed by atoms with Crippen molar-refractivity contribution in [1.29, 1.82) is 0 Å².